The number of hydrogen-bond acceptors (Lipinski definition) is 5. The smallest absolute Gasteiger partial charge is 0.310 e. The van der Waals surface area contributed by atoms with Gasteiger partial charge in [-0.15, -0.1) is 0 Å². The maximum absolute atomic E-state index is 11.8. The highest BCUT2D eigenvalue weighted by atomic mass is 32.1. The number of esters is 1. The fraction of sp³-hybridized carbons (Fsp3) is 0.571. The minimum atomic E-state index is -0.247. The highest BCUT2D eigenvalue weighted by molar-refractivity contribution is 7.08. The Labute approximate surface area is 117 Å². The van der Waals surface area contributed by atoms with E-state index in [2.05, 4.69) is 11.0 Å². The molecule has 19 heavy (non-hydrogen) atoms. The average molecular weight is 278 g/mol. The first kappa shape index (κ1) is 14.0. The maximum atomic E-state index is 11.8. The monoisotopic (exact) mass is 278 g/mol. The Morgan fingerprint density at radius 1 is 1.74 bits per heavy atom. The van der Waals surface area contributed by atoms with Gasteiger partial charge in [0, 0.05) is 6.54 Å². The number of thiophene rings is 1. The molecule has 1 aliphatic rings. The predicted octanol–water partition coefficient (Wildman–Crippen LogP) is 2.59. The van der Waals surface area contributed by atoms with Gasteiger partial charge in [0.1, 0.15) is 6.04 Å². The van der Waals surface area contributed by atoms with Crippen molar-refractivity contribution in [3.8, 4) is 6.07 Å². The molecule has 1 aromatic rings. The van der Waals surface area contributed by atoms with Crippen molar-refractivity contribution < 1.29 is 9.53 Å². The Hall–Kier alpha value is -1.38. The Morgan fingerprint density at radius 3 is 3.21 bits per heavy atom. The third-order valence-electron chi connectivity index (χ3n) is 3.42. The number of ether oxygens (including phenoxy) is 1. The number of nitriles is 1. The molecule has 2 atom stereocenters. The number of carbonyl (C=O) groups excluding carboxylic acids is 1. The van der Waals surface area contributed by atoms with E-state index >= 15 is 0 Å². The van der Waals surface area contributed by atoms with E-state index in [4.69, 9.17) is 4.74 Å². The molecular formula is C14H18N2O2S. The molecule has 2 heterocycles. The molecule has 0 spiro atoms. The lowest BCUT2D eigenvalue weighted by Crippen LogP contribution is -2.41. The molecule has 0 bridgehead atoms. The topological polar surface area (TPSA) is 53.3 Å². The minimum Gasteiger partial charge on any atom is -0.466 e. The van der Waals surface area contributed by atoms with Gasteiger partial charge in [-0.25, -0.2) is 0 Å². The van der Waals surface area contributed by atoms with Gasteiger partial charge in [-0.2, -0.15) is 16.6 Å². The minimum absolute atomic E-state index is 0.0943. The lowest BCUT2D eigenvalue weighted by molar-refractivity contribution is -0.150. The molecule has 0 aromatic carbocycles. The second-order valence-corrected chi connectivity index (χ2v) is 5.45. The third kappa shape index (κ3) is 3.34. The van der Waals surface area contributed by atoms with Gasteiger partial charge in [-0.3, -0.25) is 9.69 Å². The summed E-state index contributed by atoms with van der Waals surface area (Å²) < 4.78 is 5.09. The van der Waals surface area contributed by atoms with Crippen LogP contribution in [0.2, 0.25) is 0 Å². The van der Waals surface area contributed by atoms with Crippen molar-refractivity contribution >= 4 is 17.3 Å². The summed E-state index contributed by atoms with van der Waals surface area (Å²) in [6, 6.07) is 4.08. The zero-order chi connectivity index (χ0) is 13.7. The summed E-state index contributed by atoms with van der Waals surface area (Å²) in [5.41, 5.74) is 1.03. The second kappa shape index (κ2) is 6.69. The van der Waals surface area contributed by atoms with E-state index in [1.165, 1.54) is 0 Å². The second-order valence-electron chi connectivity index (χ2n) is 4.67. The van der Waals surface area contributed by atoms with Gasteiger partial charge in [-0.05, 0) is 48.7 Å². The van der Waals surface area contributed by atoms with E-state index in [0.29, 0.717) is 13.2 Å². The van der Waals surface area contributed by atoms with Gasteiger partial charge in [0.05, 0.1) is 18.6 Å². The Bertz CT molecular complexity index is 453. The van der Waals surface area contributed by atoms with Crippen molar-refractivity contribution in [3.63, 3.8) is 0 Å². The van der Waals surface area contributed by atoms with Crippen LogP contribution < -0.4 is 0 Å². The number of hydrogen-bond donors (Lipinski definition) is 0. The first-order chi connectivity index (χ1) is 9.26. The van der Waals surface area contributed by atoms with Gasteiger partial charge < -0.3 is 4.74 Å². The summed E-state index contributed by atoms with van der Waals surface area (Å²) in [5.74, 6) is -0.225. The molecule has 2 unspecified atom stereocenters. The van der Waals surface area contributed by atoms with E-state index in [1.807, 2.05) is 23.8 Å². The summed E-state index contributed by atoms with van der Waals surface area (Å²) >= 11 is 1.59. The van der Waals surface area contributed by atoms with Gasteiger partial charge in [0.25, 0.3) is 0 Å². The van der Waals surface area contributed by atoms with Crippen LogP contribution in [0.1, 0.15) is 31.4 Å². The van der Waals surface area contributed by atoms with Gasteiger partial charge in [-0.1, -0.05) is 0 Å². The van der Waals surface area contributed by atoms with Crippen LogP contribution in [0.5, 0.6) is 0 Å². The molecule has 2 rings (SSSR count). The van der Waals surface area contributed by atoms with Crippen LogP contribution in [0.4, 0.5) is 0 Å². The van der Waals surface area contributed by atoms with E-state index in [0.717, 1.165) is 24.9 Å². The van der Waals surface area contributed by atoms with E-state index in [1.54, 1.807) is 11.3 Å². The maximum Gasteiger partial charge on any atom is 0.310 e. The summed E-state index contributed by atoms with van der Waals surface area (Å²) in [6.45, 7) is 3.72. The molecule has 1 saturated heterocycles. The molecule has 0 saturated carbocycles. The Balaban J connectivity index is 2.04. The molecule has 102 valence electrons. The molecule has 0 amide bonds. The largest absolute Gasteiger partial charge is 0.466 e. The average Bonchev–Trinajstić information content (AvgIpc) is 2.94. The molecule has 1 aliphatic heterocycles. The highest BCUT2D eigenvalue weighted by Crippen LogP contribution is 2.28. The molecule has 1 aromatic heterocycles. The fourth-order valence-corrected chi connectivity index (χ4v) is 3.17. The number of piperidine rings is 1. The normalized spacial score (nSPS) is 21.6. The number of carbonyl (C=O) groups is 1. The highest BCUT2D eigenvalue weighted by Gasteiger charge is 2.31. The van der Waals surface area contributed by atoms with Crippen molar-refractivity contribution in [1.29, 1.82) is 5.26 Å². The molecular weight excluding hydrogens is 260 g/mol. The number of rotatable bonds is 4. The van der Waals surface area contributed by atoms with Gasteiger partial charge in [0.2, 0.25) is 0 Å². The summed E-state index contributed by atoms with van der Waals surface area (Å²) in [6.07, 6.45) is 1.79. The number of likely N-dealkylation sites (tertiary alicyclic amines) is 1. The lowest BCUT2D eigenvalue weighted by Gasteiger charge is -2.34. The van der Waals surface area contributed by atoms with Crippen LogP contribution in [0.25, 0.3) is 0 Å². The molecule has 0 N–H and O–H groups in total. The van der Waals surface area contributed by atoms with Crippen LogP contribution in [0.15, 0.2) is 16.8 Å². The molecule has 4 nitrogen and oxygen atoms in total. The predicted molar refractivity (Wildman–Crippen MR) is 73.6 cm³/mol. The van der Waals surface area contributed by atoms with Crippen molar-refractivity contribution in [2.45, 2.75) is 25.8 Å². The quantitative estimate of drug-likeness (QED) is 0.794. The standard InChI is InChI=1S/C14H18N2O2S/c1-2-18-14(17)11-4-3-6-16(9-11)13(8-15)12-5-7-19-10-12/h5,7,10-11,13H,2-4,6,9H2,1H3. The van der Waals surface area contributed by atoms with Crippen molar-refractivity contribution in [1.82, 2.24) is 4.90 Å². The summed E-state index contributed by atoms with van der Waals surface area (Å²) in [7, 11) is 0. The van der Waals surface area contributed by atoms with Crippen LogP contribution in [0, 0.1) is 17.2 Å². The van der Waals surface area contributed by atoms with Crippen LogP contribution in [-0.2, 0) is 9.53 Å². The molecule has 5 heteroatoms. The Kier molecular flexibility index (Phi) is 4.94. The van der Waals surface area contributed by atoms with Crippen molar-refractivity contribution in [3.05, 3.63) is 22.4 Å². The lowest BCUT2D eigenvalue weighted by atomic mass is 9.96. The van der Waals surface area contributed by atoms with E-state index < -0.39 is 0 Å². The van der Waals surface area contributed by atoms with Crippen molar-refractivity contribution in [2.24, 2.45) is 5.92 Å². The zero-order valence-electron chi connectivity index (χ0n) is 11.0. The molecule has 1 fully saturated rings. The molecule has 0 aliphatic carbocycles. The SMILES string of the molecule is CCOC(=O)C1CCCN(C(C#N)c2ccsc2)C1. The summed E-state index contributed by atoms with van der Waals surface area (Å²) in [4.78, 5) is 13.9. The van der Waals surface area contributed by atoms with E-state index in [-0.39, 0.29) is 17.9 Å². The van der Waals surface area contributed by atoms with Gasteiger partial charge in [0.15, 0.2) is 0 Å². The summed E-state index contributed by atoms with van der Waals surface area (Å²) in [5, 5.41) is 13.4. The zero-order valence-corrected chi connectivity index (χ0v) is 11.9. The molecule has 0 radical (unpaired) electrons. The fourth-order valence-electron chi connectivity index (χ4n) is 2.49. The van der Waals surface area contributed by atoms with Crippen LogP contribution in [0.3, 0.4) is 0 Å². The Morgan fingerprint density at radius 2 is 2.58 bits per heavy atom. The van der Waals surface area contributed by atoms with E-state index in [9.17, 15) is 10.1 Å². The van der Waals surface area contributed by atoms with Crippen LogP contribution in [-0.4, -0.2) is 30.6 Å². The third-order valence-corrected chi connectivity index (χ3v) is 4.12. The first-order valence-corrected chi connectivity index (χ1v) is 7.53. The first-order valence-electron chi connectivity index (χ1n) is 6.58. The van der Waals surface area contributed by atoms with Crippen molar-refractivity contribution in [2.75, 3.05) is 19.7 Å². The van der Waals surface area contributed by atoms with Gasteiger partial charge >= 0.3 is 5.97 Å². The van der Waals surface area contributed by atoms with Crippen LogP contribution >= 0.6 is 11.3 Å². The number of nitrogens with zero attached hydrogens (tertiary/aromatic N) is 2.